The van der Waals surface area contributed by atoms with Crippen LogP contribution in [0.4, 0.5) is 11.5 Å². The standard InChI is InChI=1S/C24H24N8O/c1-24(2,14-25)19-4-6-20(7-5-19)29-23(33)18-11-31(12-18)22-21-8-16(13-32(21)28-15-26-22)17-9-27-30(3)10-17/h4-10,13,15,18H,11-12H2,1-3H3,(H,29,33). The zero-order valence-electron chi connectivity index (χ0n) is 18.7. The number of anilines is 2. The summed E-state index contributed by atoms with van der Waals surface area (Å²) in [6.45, 7) is 4.92. The lowest BCUT2D eigenvalue weighted by Gasteiger charge is -2.39. The van der Waals surface area contributed by atoms with E-state index in [2.05, 4.69) is 31.5 Å². The molecule has 1 N–H and O–H groups in total. The van der Waals surface area contributed by atoms with Crippen molar-refractivity contribution in [1.82, 2.24) is 24.4 Å². The Balaban J connectivity index is 1.26. The normalized spacial score (nSPS) is 14.2. The highest BCUT2D eigenvalue weighted by atomic mass is 16.2. The number of carbonyl (C=O) groups excluding carboxylic acids is 1. The molecular weight excluding hydrogens is 416 g/mol. The van der Waals surface area contributed by atoms with Crippen LogP contribution in [0.15, 0.2) is 55.2 Å². The monoisotopic (exact) mass is 440 g/mol. The second-order valence-corrected chi connectivity index (χ2v) is 8.95. The van der Waals surface area contributed by atoms with Crippen LogP contribution in [0, 0.1) is 17.2 Å². The molecule has 1 amide bonds. The lowest BCUT2D eigenvalue weighted by Crippen LogP contribution is -2.52. The van der Waals surface area contributed by atoms with E-state index in [1.807, 2.05) is 74.3 Å². The molecule has 33 heavy (non-hydrogen) atoms. The number of nitrogens with zero attached hydrogens (tertiary/aromatic N) is 7. The number of aromatic nitrogens is 5. The maximum absolute atomic E-state index is 12.7. The average molecular weight is 441 g/mol. The van der Waals surface area contributed by atoms with Crippen molar-refractivity contribution in [3.63, 3.8) is 0 Å². The second kappa shape index (κ2) is 7.74. The third-order valence-electron chi connectivity index (χ3n) is 6.13. The number of nitriles is 1. The molecule has 1 saturated heterocycles. The highest BCUT2D eigenvalue weighted by Crippen LogP contribution is 2.31. The molecule has 1 aliphatic rings. The van der Waals surface area contributed by atoms with Crippen LogP contribution in [0.25, 0.3) is 16.6 Å². The number of amides is 1. The minimum absolute atomic E-state index is 0.0185. The van der Waals surface area contributed by atoms with Gasteiger partial charge < -0.3 is 10.2 Å². The predicted octanol–water partition coefficient (Wildman–Crippen LogP) is 3.01. The zero-order chi connectivity index (χ0) is 23.2. The van der Waals surface area contributed by atoms with Gasteiger partial charge in [0, 0.05) is 49.3 Å². The van der Waals surface area contributed by atoms with E-state index in [0.717, 1.165) is 33.7 Å². The number of hydrogen-bond donors (Lipinski definition) is 1. The summed E-state index contributed by atoms with van der Waals surface area (Å²) < 4.78 is 3.57. The van der Waals surface area contributed by atoms with Gasteiger partial charge in [-0.05, 0) is 37.6 Å². The largest absolute Gasteiger partial charge is 0.353 e. The van der Waals surface area contributed by atoms with Crippen LogP contribution in [-0.2, 0) is 17.3 Å². The Morgan fingerprint density at radius 3 is 2.58 bits per heavy atom. The Hall–Kier alpha value is -4.19. The van der Waals surface area contributed by atoms with E-state index in [0.29, 0.717) is 13.1 Å². The topological polar surface area (TPSA) is 104 Å². The number of fused-ring (bicyclic) bond motifs is 1. The lowest BCUT2D eigenvalue weighted by atomic mass is 9.86. The molecule has 166 valence electrons. The summed E-state index contributed by atoms with van der Waals surface area (Å²) in [5.74, 6) is 0.672. The van der Waals surface area contributed by atoms with Crippen LogP contribution in [-0.4, -0.2) is 43.4 Å². The molecule has 0 unspecified atom stereocenters. The fourth-order valence-corrected chi connectivity index (χ4v) is 3.99. The van der Waals surface area contributed by atoms with E-state index in [1.54, 1.807) is 4.68 Å². The summed E-state index contributed by atoms with van der Waals surface area (Å²) in [5.41, 5.74) is 4.01. The minimum Gasteiger partial charge on any atom is -0.353 e. The number of benzene rings is 1. The number of hydrogen-bond acceptors (Lipinski definition) is 6. The first-order chi connectivity index (χ1) is 15.8. The highest BCUT2D eigenvalue weighted by Gasteiger charge is 2.34. The fraction of sp³-hybridized carbons (Fsp3) is 0.292. The van der Waals surface area contributed by atoms with Crippen molar-refractivity contribution in [3.8, 4) is 17.2 Å². The van der Waals surface area contributed by atoms with Crippen LogP contribution in [0.2, 0.25) is 0 Å². The third kappa shape index (κ3) is 3.80. The molecule has 9 heteroatoms. The van der Waals surface area contributed by atoms with Crippen LogP contribution < -0.4 is 10.2 Å². The van der Waals surface area contributed by atoms with E-state index in [9.17, 15) is 10.1 Å². The molecule has 0 radical (unpaired) electrons. The Bertz CT molecular complexity index is 1370. The van der Waals surface area contributed by atoms with Gasteiger partial charge in [-0.3, -0.25) is 9.48 Å². The molecule has 4 aromatic rings. The second-order valence-electron chi connectivity index (χ2n) is 8.95. The summed E-state index contributed by atoms with van der Waals surface area (Å²) in [6, 6.07) is 11.8. The van der Waals surface area contributed by atoms with Gasteiger partial charge in [-0.1, -0.05) is 12.1 Å². The van der Waals surface area contributed by atoms with Crippen molar-refractivity contribution in [2.24, 2.45) is 13.0 Å². The first kappa shape index (κ1) is 20.7. The first-order valence-electron chi connectivity index (χ1n) is 10.7. The quantitative estimate of drug-likeness (QED) is 0.512. The molecule has 1 aromatic carbocycles. The van der Waals surface area contributed by atoms with E-state index >= 15 is 0 Å². The molecule has 0 saturated carbocycles. The number of aryl methyl sites for hydroxylation is 1. The SMILES string of the molecule is Cn1cc(-c2cc3c(N4CC(C(=O)Nc5ccc(C(C)(C)C#N)cc5)C4)ncnn3c2)cn1. The maximum Gasteiger partial charge on any atom is 0.231 e. The van der Waals surface area contributed by atoms with Gasteiger partial charge in [0.25, 0.3) is 0 Å². The molecule has 0 aliphatic carbocycles. The van der Waals surface area contributed by atoms with Gasteiger partial charge in [0.2, 0.25) is 5.91 Å². The van der Waals surface area contributed by atoms with Crippen molar-refractivity contribution in [3.05, 3.63) is 60.8 Å². The van der Waals surface area contributed by atoms with E-state index in [4.69, 9.17) is 0 Å². The van der Waals surface area contributed by atoms with Crippen LogP contribution >= 0.6 is 0 Å². The average Bonchev–Trinajstić information content (AvgIpc) is 3.39. The maximum atomic E-state index is 12.7. The van der Waals surface area contributed by atoms with Gasteiger partial charge in [0.1, 0.15) is 11.8 Å². The van der Waals surface area contributed by atoms with Crippen molar-refractivity contribution in [2.75, 3.05) is 23.3 Å². The van der Waals surface area contributed by atoms with Gasteiger partial charge in [0.15, 0.2) is 5.82 Å². The molecule has 0 spiro atoms. The van der Waals surface area contributed by atoms with Gasteiger partial charge in [0.05, 0.1) is 23.6 Å². The van der Waals surface area contributed by atoms with Crippen LogP contribution in [0.3, 0.4) is 0 Å². The van der Waals surface area contributed by atoms with E-state index in [1.165, 1.54) is 6.33 Å². The third-order valence-corrected chi connectivity index (χ3v) is 6.13. The van der Waals surface area contributed by atoms with E-state index in [-0.39, 0.29) is 11.8 Å². The van der Waals surface area contributed by atoms with E-state index < -0.39 is 5.41 Å². The van der Waals surface area contributed by atoms with Crippen LogP contribution in [0.5, 0.6) is 0 Å². The molecule has 9 nitrogen and oxygen atoms in total. The summed E-state index contributed by atoms with van der Waals surface area (Å²) in [6.07, 6.45) is 7.27. The van der Waals surface area contributed by atoms with Crippen molar-refractivity contribution >= 4 is 22.9 Å². The Morgan fingerprint density at radius 1 is 1.15 bits per heavy atom. The molecule has 1 aliphatic heterocycles. The van der Waals surface area contributed by atoms with Crippen molar-refractivity contribution in [1.29, 1.82) is 5.26 Å². The fourth-order valence-electron chi connectivity index (χ4n) is 3.99. The molecule has 3 aromatic heterocycles. The summed E-state index contributed by atoms with van der Waals surface area (Å²) >= 11 is 0. The first-order valence-corrected chi connectivity index (χ1v) is 10.7. The molecular formula is C24H24N8O. The summed E-state index contributed by atoms with van der Waals surface area (Å²) in [7, 11) is 1.89. The molecule has 5 rings (SSSR count). The van der Waals surface area contributed by atoms with Gasteiger partial charge in [-0.2, -0.15) is 15.5 Å². The van der Waals surface area contributed by atoms with Gasteiger partial charge >= 0.3 is 0 Å². The Morgan fingerprint density at radius 2 is 1.91 bits per heavy atom. The zero-order valence-corrected chi connectivity index (χ0v) is 18.7. The molecule has 0 atom stereocenters. The summed E-state index contributed by atoms with van der Waals surface area (Å²) in [5, 5.41) is 20.8. The number of nitrogens with one attached hydrogen (secondary N) is 1. The van der Waals surface area contributed by atoms with Crippen LogP contribution in [0.1, 0.15) is 19.4 Å². The van der Waals surface area contributed by atoms with Crippen molar-refractivity contribution < 1.29 is 4.79 Å². The molecule has 0 bridgehead atoms. The highest BCUT2D eigenvalue weighted by molar-refractivity contribution is 5.94. The summed E-state index contributed by atoms with van der Waals surface area (Å²) in [4.78, 5) is 19.3. The van der Waals surface area contributed by atoms with Gasteiger partial charge in [-0.15, -0.1) is 0 Å². The Kier molecular flexibility index (Phi) is 4.86. The lowest BCUT2D eigenvalue weighted by molar-refractivity contribution is -0.120. The number of rotatable bonds is 5. The minimum atomic E-state index is -0.560. The smallest absolute Gasteiger partial charge is 0.231 e. The van der Waals surface area contributed by atoms with Crippen molar-refractivity contribution in [2.45, 2.75) is 19.3 Å². The Labute approximate surface area is 191 Å². The molecule has 1 fully saturated rings. The van der Waals surface area contributed by atoms with Gasteiger partial charge in [-0.25, -0.2) is 9.50 Å². The molecule has 4 heterocycles. The number of carbonyl (C=O) groups is 1. The predicted molar refractivity (Wildman–Crippen MR) is 125 cm³/mol.